The Kier molecular flexibility index (Phi) is 5.35. The van der Waals surface area contributed by atoms with E-state index in [0.29, 0.717) is 13.1 Å². The maximum Gasteiger partial charge on any atom is 0.276 e. The molecule has 0 saturated carbocycles. The van der Waals surface area contributed by atoms with Crippen molar-refractivity contribution < 1.29 is 9.59 Å². The van der Waals surface area contributed by atoms with Gasteiger partial charge in [-0.05, 0) is 25.0 Å². The first-order valence-electron chi connectivity index (χ1n) is 10.1. The molecule has 0 spiro atoms. The zero-order chi connectivity index (χ0) is 21.3. The third-order valence-corrected chi connectivity index (χ3v) is 5.18. The molecule has 30 heavy (non-hydrogen) atoms. The Morgan fingerprint density at radius 1 is 1.30 bits per heavy atom. The lowest BCUT2D eigenvalue weighted by Gasteiger charge is -2.25. The van der Waals surface area contributed by atoms with Crippen LogP contribution < -0.4 is 5.32 Å². The standard InChI is InChI=1S/C21H25N7O2/c1-4-10-27-16(11-14(2)24-27)12-26(3)21(30)18-19-20(29)22-17(13-28(19)25-23-18)15-8-6-5-7-9-15/h5-9,11,17H,4,10,12-13H2,1-3H3,(H,22,29)/t17-/m1/s1. The van der Waals surface area contributed by atoms with Crippen LogP contribution in [-0.4, -0.2) is 48.5 Å². The number of aryl methyl sites for hydroxylation is 2. The van der Waals surface area contributed by atoms with Crippen molar-refractivity contribution in [2.75, 3.05) is 7.05 Å². The fourth-order valence-electron chi connectivity index (χ4n) is 3.76. The predicted molar refractivity (Wildman–Crippen MR) is 110 cm³/mol. The number of carbonyl (C=O) groups is 2. The summed E-state index contributed by atoms with van der Waals surface area (Å²) < 4.78 is 3.43. The molecule has 3 aromatic rings. The zero-order valence-corrected chi connectivity index (χ0v) is 17.4. The average Bonchev–Trinajstić information content (AvgIpc) is 3.32. The lowest BCUT2D eigenvalue weighted by molar-refractivity contribution is 0.0764. The van der Waals surface area contributed by atoms with Crippen molar-refractivity contribution in [3.63, 3.8) is 0 Å². The van der Waals surface area contributed by atoms with E-state index < -0.39 is 0 Å². The van der Waals surface area contributed by atoms with E-state index in [4.69, 9.17) is 0 Å². The number of fused-ring (bicyclic) bond motifs is 1. The Labute approximate surface area is 174 Å². The fraction of sp³-hybridized carbons (Fsp3) is 0.381. The zero-order valence-electron chi connectivity index (χ0n) is 17.4. The molecule has 1 aliphatic heterocycles. The van der Waals surface area contributed by atoms with Gasteiger partial charge in [0.1, 0.15) is 0 Å². The molecule has 0 fully saturated rings. The lowest BCUT2D eigenvalue weighted by atomic mass is 10.0. The van der Waals surface area contributed by atoms with Gasteiger partial charge in [-0.3, -0.25) is 14.3 Å². The van der Waals surface area contributed by atoms with Crippen LogP contribution in [0.3, 0.4) is 0 Å². The smallest absolute Gasteiger partial charge is 0.276 e. The molecule has 1 aliphatic rings. The second kappa shape index (κ2) is 8.10. The van der Waals surface area contributed by atoms with Crippen LogP contribution in [0.1, 0.15) is 57.3 Å². The summed E-state index contributed by atoms with van der Waals surface area (Å²) in [5.41, 5.74) is 3.11. The van der Waals surface area contributed by atoms with E-state index in [1.165, 1.54) is 4.68 Å². The van der Waals surface area contributed by atoms with Gasteiger partial charge < -0.3 is 10.2 Å². The Morgan fingerprint density at radius 2 is 2.07 bits per heavy atom. The van der Waals surface area contributed by atoms with E-state index in [9.17, 15) is 9.59 Å². The van der Waals surface area contributed by atoms with Crippen molar-refractivity contribution in [3.05, 3.63) is 64.7 Å². The van der Waals surface area contributed by atoms with Gasteiger partial charge in [0.05, 0.1) is 30.5 Å². The summed E-state index contributed by atoms with van der Waals surface area (Å²) >= 11 is 0. The van der Waals surface area contributed by atoms with Gasteiger partial charge in [-0.15, -0.1) is 5.10 Å². The summed E-state index contributed by atoms with van der Waals surface area (Å²) in [7, 11) is 1.69. The normalized spacial score (nSPS) is 15.6. The monoisotopic (exact) mass is 407 g/mol. The van der Waals surface area contributed by atoms with Crippen molar-refractivity contribution in [2.45, 2.75) is 45.9 Å². The molecule has 4 rings (SSSR count). The van der Waals surface area contributed by atoms with Crippen LogP contribution in [0, 0.1) is 6.92 Å². The topological polar surface area (TPSA) is 97.9 Å². The Bertz CT molecular complexity index is 1070. The highest BCUT2D eigenvalue weighted by molar-refractivity contribution is 6.05. The molecule has 1 N–H and O–H groups in total. The second-order valence-corrected chi connectivity index (χ2v) is 7.57. The molecule has 0 bridgehead atoms. The van der Waals surface area contributed by atoms with Crippen LogP contribution in [-0.2, 0) is 19.6 Å². The van der Waals surface area contributed by atoms with Crippen LogP contribution in [0.5, 0.6) is 0 Å². The van der Waals surface area contributed by atoms with Gasteiger partial charge in [0.2, 0.25) is 0 Å². The lowest BCUT2D eigenvalue weighted by Crippen LogP contribution is -2.40. The van der Waals surface area contributed by atoms with E-state index in [0.717, 1.165) is 29.9 Å². The van der Waals surface area contributed by atoms with Crippen molar-refractivity contribution in [3.8, 4) is 0 Å². The minimum Gasteiger partial charge on any atom is -0.342 e. The van der Waals surface area contributed by atoms with E-state index in [1.807, 2.05) is 48.0 Å². The van der Waals surface area contributed by atoms with Gasteiger partial charge in [-0.25, -0.2) is 4.68 Å². The number of aromatic nitrogens is 5. The molecule has 9 nitrogen and oxygen atoms in total. The number of rotatable bonds is 6. The molecular formula is C21H25N7O2. The van der Waals surface area contributed by atoms with Crippen molar-refractivity contribution in [1.82, 2.24) is 35.0 Å². The summed E-state index contributed by atoms with van der Waals surface area (Å²) in [6.07, 6.45) is 0.951. The molecule has 9 heteroatoms. The second-order valence-electron chi connectivity index (χ2n) is 7.57. The van der Waals surface area contributed by atoms with Crippen LogP contribution in [0.4, 0.5) is 0 Å². The van der Waals surface area contributed by atoms with Crippen molar-refractivity contribution in [1.29, 1.82) is 0 Å². The summed E-state index contributed by atoms with van der Waals surface area (Å²) in [6, 6.07) is 11.4. The Morgan fingerprint density at radius 3 is 2.80 bits per heavy atom. The first-order valence-corrected chi connectivity index (χ1v) is 10.1. The maximum atomic E-state index is 13.1. The molecular weight excluding hydrogens is 382 g/mol. The largest absolute Gasteiger partial charge is 0.342 e. The van der Waals surface area contributed by atoms with E-state index >= 15 is 0 Å². The third-order valence-electron chi connectivity index (χ3n) is 5.18. The predicted octanol–water partition coefficient (Wildman–Crippen LogP) is 1.95. The summed E-state index contributed by atoms with van der Waals surface area (Å²) in [4.78, 5) is 27.4. The summed E-state index contributed by atoms with van der Waals surface area (Å²) in [5, 5.41) is 15.6. The molecule has 2 amide bonds. The van der Waals surface area contributed by atoms with Gasteiger partial charge in [0, 0.05) is 13.6 Å². The van der Waals surface area contributed by atoms with Crippen molar-refractivity contribution >= 4 is 11.8 Å². The highest BCUT2D eigenvalue weighted by Gasteiger charge is 2.33. The fourth-order valence-corrected chi connectivity index (χ4v) is 3.76. The summed E-state index contributed by atoms with van der Waals surface area (Å²) in [5.74, 6) is -0.685. The number of amides is 2. The highest BCUT2D eigenvalue weighted by atomic mass is 16.2. The minimum atomic E-state index is -0.344. The number of nitrogens with zero attached hydrogens (tertiary/aromatic N) is 6. The van der Waals surface area contributed by atoms with E-state index in [-0.39, 0.29) is 29.2 Å². The van der Waals surface area contributed by atoms with Gasteiger partial charge in [-0.2, -0.15) is 5.10 Å². The molecule has 0 unspecified atom stereocenters. The molecule has 2 aromatic heterocycles. The van der Waals surface area contributed by atoms with Crippen molar-refractivity contribution in [2.24, 2.45) is 0 Å². The number of benzene rings is 1. The molecule has 156 valence electrons. The molecule has 0 aliphatic carbocycles. The van der Waals surface area contributed by atoms with Crippen LogP contribution in [0.25, 0.3) is 0 Å². The summed E-state index contributed by atoms with van der Waals surface area (Å²) in [6.45, 7) is 5.61. The van der Waals surface area contributed by atoms with E-state index in [1.54, 1.807) is 11.9 Å². The molecule has 1 aromatic carbocycles. The maximum absolute atomic E-state index is 13.1. The first kappa shape index (κ1) is 19.8. The van der Waals surface area contributed by atoms with Gasteiger partial charge in [0.25, 0.3) is 11.8 Å². The average molecular weight is 407 g/mol. The molecule has 0 saturated heterocycles. The number of carbonyl (C=O) groups excluding carboxylic acids is 2. The highest BCUT2D eigenvalue weighted by Crippen LogP contribution is 2.22. The van der Waals surface area contributed by atoms with Crippen LogP contribution in [0.15, 0.2) is 36.4 Å². The van der Waals surface area contributed by atoms with E-state index in [2.05, 4.69) is 27.7 Å². The number of nitrogens with one attached hydrogen (secondary N) is 1. The first-order chi connectivity index (χ1) is 14.5. The number of hydrogen-bond donors (Lipinski definition) is 1. The quantitative estimate of drug-likeness (QED) is 0.674. The third kappa shape index (κ3) is 3.70. The number of hydrogen-bond acceptors (Lipinski definition) is 5. The van der Waals surface area contributed by atoms with Gasteiger partial charge in [-0.1, -0.05) is 42.5 Å². The van der Waals surface area contributed by atoms with Gasteiger partial charge >= 0.3 is 0 Å². The SMILES string of the molecule is CCCn1nc(C)cc1CN(C)C(=O)c1nnn2c1C(=O)N[C@@H](c1ccccc1)C2. The van der Waals surface area contributed by atoms with Crippen LogP contribution in [0.2, 0.25) is 0 Å². The van der Waals surface area contributed by atoms with Gasteiger partial charge in [0.15, 0.2) is 11.4 Å². The molecule has 0 radical (unpaired) electrons. The molecule has 3 heterocycles. The Balaban J connectivity index is 1.54. The molecule has 1 atom stereocenters. The minimum absolute atomic E-state index is 0.0693. The van der Waals surface area contributed by atoms with Crippen LogP contribution >= 0.6 is 0 Å². The Hall–Kier alpha value is -3.49.